The number of halogens is 1. The van der Waals surface area contributed by atoms with E-state index in [1.165, 1.54) is 0 Å². The van der Waals surface area contributed by atoms with Crippen LogP contribution in [0.3, 0.4) is 0 Å². The summed E-state index contributed by atoms with van der Waals surface area (Å²) >= 11 is 5.84. The highest BCUT2D eigenvalue weighted by Crippen LogP contribution is 2.31. The predicted octanol–water partition coefficient (Wildman–Crippen LogP) is 3.60. The first-order valence-corrected chi connectivity index (χ1v) is 6.17. The number of hydrogen-bond acceptors (Lipinski definition) is 3. The second-order valence-electron chi connectivity index (χ2n) is 3.89. The van der Waals surface area contributed by atoms with E-state index in [4.69, 9.17) is 16.3 Å². The lowest BCUT2D eigenvalue weighted by Crippen LogP contribution is -2.12. The van der Waals surface area contributed by atoms with E-state index in [9.17, 15) is 0 Å². The number of benzene rings is 1. The third-order valence-electron chi connectivity index (χ3n) is 2.75. The number of hydrogen-bond donors (Lipinski definition) is 0. The fraction of sp³-hybridized carbons (Fsp3) is 0.214. The fourth-order valence-corrected chi connectivity index (χ4v) is 1.92. The molecule has 0 aliphatic heterocycles. The largest absolute Gasteiger partial charge is 0.495 e. The van der Waals surface area contributed by atoms with Gasteiger partial charge in [-0.1, -0.05) is 12.1 Å². The van der Waals surface area contributed by atoms with Crippen LogP contribution in [0.4, 0.5) is 11.5 Å². The van der Waals surface area contributed by atoms with Crippen molar-refractivity contribution in [1.82, 2.24) is 4.98 Å². The van der Waals surface area contributed by atoms with Gasteiger partial charge in [-0.25, -0.2) is 4.98 Å². The van der Waals surface area contributed by atoms with E-state index in [1.54, 1.807) is 13.3 Å². The number of anilines is 2. The molecule has 0 bridgehead atoms. The van der Waals surface area contributed by atoms with Crippen molar-refractivity contribution in [1.29, 1.82) is 0 Å². The molecule has 0 radical (unpaired) electrons. The number of rotatable bonds is 4. The number of pyridine rings is 1. The van der Waals surface area contributed by atoms with Gasteiger partial charge in [0.05, 0.1) is 12.8 Å². The first kappa shape index (κ1) is 12.7. The Bertz CT molecular complexity index is 531. The van der Waals surface area contributed by atoms with E-state index in [0.29, 0.717) is 5.88 Å². The Kier molecular flexibility index (Phi) is 4.05. The van der Waals surface area contributed by atoms with Gasteiger partial charge in [-0.05, 0) is 29.8 Å². The SMILES string of the molecule is COc1ccccc1N(C)c1cc(CCl)ccn1. The molecule has 0 aliphatic rings. The lowest BCUT2D eigenvalue weighted by molar-refractivity contribution is 0.415. The van der Waals surface area contributed by atoms with Crippen LogP contribution in [0.1, 0.15) is 5.56 Å². The molecule has 1 heterocycles. The highest BCUT2D eigenvalue weighted by molar-refractivity contribution is 6.17. The van der Waals surface area contributed by atoms with Crippen LogP contribution < -0.4 is 9.64 Å². The second kappa shape index (κ2) is 5.74. The maximum absolute atomic E-state index is 5.84. The molecule has 2 aromatic rings. The minimum atomic E-state index is 0.481. The maximum Gasteiger partial charge on any atom is 0.142 e. The summed E-state index contributed by atoms with van der Waals surface area (Å²) in [5.41, 5.74) is 2.02. The van der Waals surface area contributed by atoms with Gasteiger partial charge in [-0.15, -0.1) is 11.6 Å². The van der Waals surface area contributed by atoms with Crippen molar-refractivity contribution >= 4 is 23.1 Å². The van der Waals surface area contributed by atoms with Crippen LogP contribution in [0.5, 0.6) is 5.75 Å². The van der Waals surface area contributed by atoms with Gasteiger partial charge in [0.15, 0.2) is 0 Å². The number of methoxy groups -OCH3 is 1. The van der Waals surface area contributed by atoms with Crippen molar-refractivity contribution < 1.29 is 4.74 Å². The van der Waals surface area contributed by atoms with Crippen LogP contribution in [0.2, 0.25) is 0 Å². The monoisotopic (exact) mass is 262 g/mol. The van der Waals surface area contributed by atoms with Crippen molar-refractivity contribution in [2.24, 2.45) is 0 Å². The summed E-state index contributed by atoms with van der Waals surface area (Å²) < 4.78 is 5.35. The van der Waals surface area contributed by atoms with Gasteiger partial charge in [0, 0.05) is 19.1 Å². The molecule has 0 spiro atoms. The van der Waals surface area contributed by atoms with Gasteiger partial charge in [-0.3, -0.25) is 0 Å². The quantitative estimate of drug-likeness (QED) is 0.788. The van der Waals surface area contributed by atoms with Gasteiger partial charge in [-0.2, -0.15) is 0 Å². The van der Waals surface area contributed by atoms with Gasteiger partial charge >= 0.3 is 0 Å². The molecule has 0 fully saturated rings. The molecule has 2 rings (SSSR count). The van der Waals surface area contributed by atoms with Crippen LogP contribution in [-0.4, -0.2) is 19.1 Å². The molecule has 0 saturated carbocycles. The molecule has 0 atom stereocenters. The van der Waals surface area contributed by atoms with Crippen molar-refractivity contribution in [2.45, 2.75) is 5.88 Å². The Hall–Kier alpha value is -1.74. The summed E-state index contributed by atoms with van der Waals surface area (Å²) in [6.07, 6.45) is 1.76. The minimum absolute atomic E-state index is 0.481. The third-order valence-corrected chi connectivity index (χ3v) is 3.06. The van der Waals surface area contributed by atoms with Crippen LogP contribution in [-0.2, 0) is 5.88 Å². The molecule has 94 valence electrons. The molecule has 18 heavy (non-hydrogen) atoms. The molecule has 0 saturated heterocycles. The Balaban J connectivity index is 2.37. The fourth-order valence-electron chi connectivity index (χ4n) is 1.76. The van der Waals surface area contributed by atoms with E-state index in [2.05, 4.69) is 4.98 Å². The first-order valence-electron chi connectivity index (χ1n) is 5.64. The smallest absolute Gasteiger partial charge is 0.142 e. The summed E-state index contributed by atoms with van der Waals surface area (Å²) in [6, 6.07) is 11.7. The van der Waals surface area contributed by atoms with E-state index in [0.717, 1.165) is 22.8 Å². The van der Waals surface area contributed by atoms with Gasteiger partial charge in [0.25, 0.3) is 0 Å². The Labute approximate surface area is 112 Å². The van der Waals surface area contributed by atoms with Crippen LogP contribution in [0.15, 0.2) is 42.6 Å². The molecule has 0 unspecified atom stereocenters. The topological polar surface area (TPSA) is 25.4 Å². The van der Waals surface area contributed by atoms with E-state index in [-0.39, 0.29) is 0 Å². The average Bonchev–Trinajstić information content (AvgIpc) is 2.46. The zero-order valence-corrected chi connectivity index (χ0v) is 11.2. The van der Waals surface area contributed by atoms with Gasteiger partial charge < -0.3 is 9.64 Å². The van der Waals surface area contributed by atoms with Crippen LogP contribution >= 0.6 is 11.6 Å². The third kappa shape index (κ3) is 2.57. The maximum atomic E-state index is 5.84. The highest BCUT2D eigenvalue weighted by atomic mass is 35.5. The molecule has 1 aromatic heterocycles. The first-order chi connectivity index (χ1) is 8.76. The molecule has 0 aliphatic carbocycles. The lowest BCUT2D eigenvalue weighted by Gasteiger charge is -2.21. The Morgan fingerprint density at radius 3 is 2.78 bits per heavy atom. The summed E-state index contributed by atoms with van der Waals surface area (Å²) in [6.45, 7) is 0. The van der Waals surface area contributed by atoms with Crippen molar-refractivity contribution in [3.8, 4) is 5.75 Å². The molecule has 0 amide bonds. The summed E-state index contributed by atoms with van der Waals surface area (Å²) in [5, 5.41) is 0. The second-order valence-corrected chi connectivity index (χ2v) is 4.15. The molecule has 3 nitrogen and oxygen atoms in total. The number of para-hydroxylation sites is 2. The zero-order valence-electron chi connectivity index (χ0n) is 10.4. The molecular weight excluding hydrogens is 248 g/mol. The highest BCUT2D eigenvalue weighted by Gasteiger charge is 2.10. The zero-order chi connectivity index (χ0) is 13.0. The van der Waals surface area contributed by atoms with E-state index < -0.39 is 0 Å². The Morgan fingerprint density at radius 2 is 2.06 bits per heavy atom. The number of ether oxygens (including phenoxy) is 1. The minimum Gasteiger partial charge on any atom is -0.495 e. The van der Waals surface area contributed by atoms with E-state index in [1.807, 2.05) is 48.3 Å². The van der Waals surface area contributed by atoms with Crippen LogP contribution in [0, 0.1) is 0 Å². The van der Waals surface area contributed by atoms with Gasteiger partial charge in [0.1, 0.15) is 11.6 Å². The summed E-state index contributed by atoms with van der Waals surface area (Å²) in [7, 11) is 3.62. The van der Waals surface area contributed by atoms with Crippen molar-refractivity contribution in [3.05, 3.63) is 48.2 Å². The molecule has 1 aromatic carbocycles. The summed E-state index contributed by atoms with van der Waals surface area (Å²) in [4.78, 5) is 6.33. The molecule has 4 heteroatoms. The average molecular weight is 263 g/mol. The van der Waals surface area contributed by atoms with Crippen LogP contribution in [0.25, 0.3) is 0 Å². The predicted molar refractivity (Wildman–Crippen MR) is 74.9 cm³/mol. The number of aromatic nitrogens is 1. The van der Waals surface area contributed by atoms with Gasteiger partial charge in [0.2, 0.25) is 0 Å². The Morgan fingerprint density at radius 1 is 1.28 bits per heavy atom. The normalized spacial score (nSPS) is 10.2. The number of alkyl halides is 1. The summed E-state index contributed by atoms with van der Waals surface area (Å²) in [5.74, 6) is 2.14. The molecular formula is C14H15ClN2O. The lowest BCUT2D eigenvalue weighted by atomic mass is 10.2. The number of nitrogens with zero attached hydrogens (tertiary/aromatic N) is 2. The standard InChI is InChI=1S/C14H15ClN2O/c1-17(12-5-3-4-6-13(12)18-2)14-9-11(10-15)7-8-16-14/h3-9H,10H2,1-2H3. The van der Waals surface area contributed by atoms with Crippen molar-refractivity contribution in [2.75, 3.05) is 19.1 Å². The van der Waals surface area contributed by atoms with E-state index >= 15 is 0 Å². The molecule has 0 N–H and O–H groups in total. The van der Waals surface area contributed by atoms with Crippen molar-refractivity contribution in [3.63, 3.8) is 0 Å².